The van der Waals surface area contributed by atoms with Crippen molar-refractivity contribution in [1.29, 1.82) is 0 Å². The number of anilines is 1. The third-order valence-electron chi connectivity index (χ3n) is 4.28. The van der Waals surface area contributed by atoms with Gasteiger partial charge in [-0.2, -0.15) is 0 Å². The first kappa shape index (κ1) is 18.2. The Labute approximate surface area is 159 Å². The van der Waals surface area contributed by atoms with Crippen LogP contribution in [0.25, 0.3) is 0 Å². The van der Waals surface area contributed by atoms with E-state index in [0.29, 0.717) is 0 Å². The van der Waals surface area contributed by atoms with Gasteiger partial charge in [-0.15, -0.1) is 11.8 Å². The van der Waals surface area contributed by atoms with Gasteiger partial charge in [0.1, 0.15) is 0 Å². The lowest BCUT2D eigenvalue weighted by Crippen LogP contribution is -2.19. The summed E-state index contributed by atoms with van der Waals surface area (Å²) in [6.45, 7) is 4.28. The van der Waals surface area contributed by atoms with Gasteiger partial charge in [0, 0.05) is 34.8 Å². The van der Waals surface area contributed by atoms with Crippen LogP contribution >= 0.6 is 35.1 Å². The predicted molar refractivity (Wildman–Crippen MR) is 111 cm³/mol. The number of nitrogens with zero attached hydrogens (tertiary/aromatic N) is 2. The Hall–Kier alpha value is -0.580. The van der Waals surface area contributed by atoms with E-state index in [1.807, 2.05) is 29.6 Å². The molecule has 0 fully saturated rings. The zero-order valence-electron chi connectivity index (χ0n) is 14.3. The minimum atomic E-state index is 0.816. The summed E-state index contributed by atoms with van der Waals surface area (Å²) in [7, 11) is 0. The third kappa shape index (κ3) is 4.74. The van der Waals surface area contributed by atoms with Crippen molar-refractivity contribution >= 4 is 45.9 Å². The van der Waals surface area contributed by atoms with E-state index in [2.05, 4.69) is 35.0 Å². The molecule has 0 aliphatic carbocycles. The maximum Gasteiger partial charge on any atom is 0.0931 e. The SMILES string of the molecule is CCCCCCCCN1C(=CC2=NCCS2)Sc2ccc(Cl)cc21. The molecule has 2 nitrogen and oxygen atoms in total. The number of benzene rings is 1. The molecule has 0 radical (unpaired) electrons. The van der Waals surface area contributed by atoms with E-state index in [4.69, 9.17) is 11.6 Å². The lowest BCUT2D eigenvalue weighted by molar-refractivity contribution is 0.608. The molecule has 0 N–H and O–H groups in total. The lowest BCUT2D eigenvalue weighted by atomic mass is 10.1. The Morgan fingerprint density at radius 2 is 2.04 bits per heavy atom. The first-order chi connectivity index (χ1) is 11.8. The van der Waals surface area contributed by atoms with E-state index in [0.717, 1.165) is 23.9 Å². The fourth-order valence-electron chi connectivity index (χ4n) is 3.01. The molecule has 1 aromatic rings. The summed E-state index contributed by atoms with van der Waals surface area (Å²) >= 11 is 9.95. The molecule has 0 amide bonds. The Bertz CT molecular complexity index is 628. The van der Waals surface area contributed by atoms with Crippen LogP contribution in [0, 0.1) is 0 Å². The molecule has 2 heterocycles. The number of unbranched alkanes of at least 4 members (excludes halogenated alkanes) is 5. The normalized spacial score (nSPS) is 18.3. The van der Waals surface area contributed by atoms with Crippen LogP contribution in [0.15, 0.2) is 39.2 Å². The molecular weight excluding hydrogens is 356 g/mol. The van der Waals surface area contributed by atoms with Crippen LogP contribution in [-0.2, 0) is 0 Å². The van der Waals surface area contributed by atoms with Crippen molar-refractivity contribution in [3.63, 3.8) is 0 Å². The number of rotatable bonds is 8. The fourth-order valence-corrected chi connectivity index (χ4v) is 5.12. The smallest absolute Gasteiger partial charge is 0.0931 e. The highest BCUT2D eigenvalue weighted by Gasteiger charge is 2.25. The second-order valence-electron chi connectivity index (χ2n) is 6.18. The van der Waals surface area contributed by atoms with Crippen molar-refractivity contribution < 1.29 is 0 Å². The first-order valence-corrected chi connectivity index (χ1v) is 11.1. The maximum atomic E-state index is 6.24. The van der Waals surface area contributed by atoms with Crippen LogP contribution in [-0.4, -0.2) is 23.9 Å². The van der Waals surface area contributed by atoms with Crippen molar-refractivity contribution in [2.75, 3.05) is 23.7 Å². The summed E-state index contributed by atoms with van der Waals surface area (Å²) in [4.78, 5) is 8.32. The first-order valence-electron chi connectivity index (χ1n) is 8.92. The van der Waals surface area contributed by atoms with Crippen LogP contribution in [0.2, 0.25) is 5.02 Å². The zero-order valence-corrected chi connectivity index (χ0v) is 16.7. The molecule has 130 valence electrons. The van der Waals surface area contributed by atoms with Gasteiger partial charge < -0.3 is 4.90 Å². The predicted octanol–water partition coefficient (Wildman–Crippen LogP) is 6.60. The Morgan fingerprint density at radius 1 is 1.21 bits per heavy atom. The number of hydrogen-bond acceptors (Lipinski definition) is 4. The second kappa shape index (κ2) is 9.21. The molecule has 1 aromatic carbocycles. The lowest BCUT2D eigenvalue weighted by Gasteiger charge is -2.20. The van der Waals surface area contributed by atoms with E-state index in [1.165, 1.54) is 59.2 Å². The zero-order chi connectivity index (χ0) is 16.8. The average molecular weight is 381 g/mol. The summed E-state index contributed by atoms with van der Waals surface area (Å²) < 4.78 is 0. The van der Waals surface area contributed by atoms with E-state index in [-0.39, 0.29) is 0 Å². The summed E-state index contributed by atoms with van der Waals surface area (Å²) in [6, 6.07) is 6.23. The van der Waals surface area contributed by atoms with Gasteiger partial charge >= 0.3 is 0 Å². The largest absolute Gasteiger partial charge is 0.335 e. The minimum Gasteiger partial charge on any atom is -0.335 e. The van der Waals surface area contributed by atoms with Crippen LogP contribution in [0.3, 0.4) is 0 Å². The molecule has 24 heavy (non-hydrogen) atoms. The quantitative estimate of drug-likeness (QED) is 0.472. The Balaban J connectivity index is 1.67. The standard InChI is InChI=1S/C19H25ClN2S2/c1-2-3-4-5-6-7-11-22-16-13-15(20)8-9-17(16)24-19(22)14-18-21-10-12-23-18/h8-9,13-14H,2-7,10-12H2,1H3. The van der Waals surface area contributed by atoms with Crippen molar-refractivity contribution in [2.24, 2.45) is 4.99 Å². The van der Waals surface area contributed by atoms with Crippen molar-refractivity contribution in [3.05, 3.63) is 34.3 Å². The number of hydrogen-bond donors (Lipinski definition) is 0. The molecule has 0 saturated carbocycles. The summed E-state index contributed by atoms with van der Waals surface area (Å²) in [5, 5.41) is 3.29. The van der Waals surface area contributed by atoms with E-state index in [1.54, 1.807) is 0 Å². The molecule has 5 heteroatoms. The highest BCUT2D eigenvalue weighted by Crippen LogP contribution is 2.47. The topological polar surface area (TPSA) is 15.6 Å². The molecule has 0 saturated heterocycles. The average Bonchev–Trinajstić information content (AvgIpc) is 3.19. The van der Waals surface area contributed by atoms with E-state index < -0.39 is 0 Å². The minimum absolute atomic E-state index is 0.816. The number of aliphatic imine (C=N–C) groups is 1. The number of halogens is 1. The molecule has 0 atom stereocenters. The summed E-state index contributed by atoms with van der Waals surface area (Å²) in [5.74, 6) is 1.11. The van der Waals surface area contributed by atoms with Gasteiger partial charge in [0.05, 0.1) is 15.8 Å². The maximum absolute atomic E-state index is 6.24. The number of fused-ring (bicyclic) bond motifs is 1. The Kier molecular flexibility index (Phi) is 6.99. The molecule has 0 unspecified atom stereocenters. The van der Waals surface area contributed by atoms with Gasteiger partial charge in [0.25, 0.3) is 0 Å². The molecule has 0 spiro atoms. The van der Waals surface area contributed by atoms with Crippen LogP contribution in [0.1, 0.15) is 45.4 Å². The monoisotopic (exact) mass is 380 g/mol. The van der Waals surface area contributed by atoms with Crippen molar-refractivity contribution in [3.8, 4) is 0 Å². The third-order valence-corrected chi connectivity index (χ3v) is 6.56. The van der Waals surface area contributed by atoms with Crippen LogP contribution in [0.4, 0.5) is 5.69 Å². The fraction of sp³-hybridized carbons (Fsp3) is 0.526. The van der Waals surface area contributed by atoms with Crippen molar-refractivity contribution in [2.45, 2.75) is 50.3 Å². The Morgan fingerprint density at radius 3 is 2.83 bits per heavy atom. The molecule has 0 aromatic heterocycles. The van der Waals surface area contributed by atoms with Gasteiger partial charge in [-0.25, -0.2) is 0 Å². The van der Waals surface area contributed by atoms with E-state index >= 15 is 0 Å². The second-order valence-corrected chi connectivity index (χ2v) is 8.80. The van der Waals surface area contributed by atoms with E-state index in [9.17, 15) is 0 Å². The van der Waals surface area contributed by atoms with Crippen LogP contribution in [0.5, 0.6) is 0 Å². The summed E-state index contributed by atoms with van der Waals surface area (Å²) in [5.41, 5.74) is 1.26. The molecule has 2 aliphatic rings. The summed E-state index contributed by atoms with van der Waals surface area (Å²) in [6.07, 6.45) is 10.2. The van der Waals surface area contributed by atoms with Crippen molar-refractivity contribution in [1.82, 2.24) is 0 Å². The molecular formula is C19H25ClN2S2. The highest BCUT2D eigenvalue weighted by molar-refractivity contribution is 8.14. The van der Waals surface area contributed by atoms with Gasteiger partial charge in [-0.05, 0) is 24.6 Å². The molecule has 0 bridgehead atoms. The molecule has 3 rings (SSSR count). The van der Waals surface area contributed by atoms with Gasteiger partial charge in [0.2, 0.25) is 0 Å². The highest BCUT2D eigenvalue weighted by atomic mass is 35.5. The van der Waals surface area contributed by atoms with Crippen LogP contribution < -0.4 is 4.90 Å². The number of thioether (sulfide) groups is 2. The molecule has 2 aliphatic heterocycles. The van der Waals surface area contributed by atoms with Gasteiger partial charge in [-0.1, -0.05) is 62.4 Å². The van der Waals surface area contributed by atoms with Gasteiger partial charge in [0.15, 0.2) is 0 Å². The van der Waals surface area contributed by atoms with Gasteiger partial charge in [-0.3, -0.25) is 4.99 Å².